The Morgan fingerprint density at radius 1 is 1.50 bits per heavy atom. The van der Waals surface area contributed by atoms with Crippen LogP contribution in [0.25, 0.3) is 0 Å². The molecule has 6 nitrogen and oxygen atoms in total. The van der Waals surface area contributed by atoms with Crippen molar-refractivity contribution in [2.24, 2.45) is 0 Å². The maximum atomic E-state index is 12.7. The molecule has 0 bridgehead atoms. The highest BCUT2D eigenvalue weighted by molar-refractivity contribution is 7.89. The summed E-state index contributed by atoms with van der Waals surface area (Å²) in [5.41, 5.74) is 0.533. The van der Waals surface area contributed by atoms with Crippen molar-refractivity contribution in [2.75, 3.05) is 18.4 Å². The van der Waals surface area contributed by atoms with Gasteiger partial charge < -0.3 is 5.32 Å². The van der Waals surface area contributed by atoms with Crippen molar-refractivity contribution < 1.29 is 8.42 Å². The number of hydrogen-bond donors (Lipinski definition) is 1. The van der Waals surface area contributed by atoms with Crippen LogP contribution in [-0.4, -0.2) is 36.8 Å². The third-order valence-electron chi connectivity index (χ3n) is 2.76. The van der Waals surface area contributed by atoms with Crippen molar-refractivity contribution in [1.29, 1.82) is 5.26 Å². The molecule has 1 heterocycles. The van der Waals surface area contributed by atoms with Crippen LogP contribution < -0.4 is 5.32 Å². The highest BCUT2D eigenvalue weighted by Crippen LogP contribution is 2.25. The van der Waals surface area contributed by atoms with E-state index in [1.807, 2.05) is 13.0 Å². The van der Waals surface area contributed by atoms with Crippen LogP contribution in [0.4, 0.5) is 5.69 Å². The van der Waals surface area contributed by atoms with Gasteiger partial charge in [-0.05, 0) is 26.8 Å². The van der Waals surface area contributed by atoms with Gasteiger partial charge in [0.2, 0.25) is 10.0 Å². The molecule has 1 rings (SSSR count). The van der Waals surface area contributed by atoms with Gasteiger partial charge in [0.1, 0.15) is 4.90 Å². The van der Waals surface area contributed by atoms with E-state index in [4.69, 9.17) is 5.26 Å². The molecule has 0 aliphatic heterocycles. The second-order valence-electron chi connectivity index (χ2n) is 4.52. The molecule has 20 heavy (non-hydrogen) atoms. The summed E-state index contributed by atoms with van der Waals surface area (Å²) in [5.74, 6) is 0. The molecule has 0 unspecified atom stereocenters. The van der Waals surface area contributed by atoms with Crippen molar-refractivity contribution in [3.8, 4) is 6.07 Å². The van der Waals surface area contributed by atoms with Gasteiger partial charge in [-0.15, -0.1) is 0 Å². The Kier molecular flexibility index (Phi) is 5.92. The van der Waals surface area contributed by atoms with Crippen LogP contribution in [-0.2, 0) is 10.0 Å². The van der Waals surface area contributed by atoms with Crippen LogP contribution in [0.5, 0.6) is 0 Å². The minimum Gasteiger partial charge on any atom is -0.384 e. The number of sulfonamides is 1. The first kappa shape index (κ1) is 16.4. The van der Waals surface area contributed by atoms with Crippen LogP contribution in [0.1, 0.15) is 27.2 Å². The van der Waals surface area contributed by atoms with E-state index in [1.165, 1.54) is 10.5 Å². The second-order valence-corrected chi connectivity index (χ2v) is 6.38. The molecule has 1 aromatic heterocycles. The van der Waals surface area contributed by atoms with Gasteiger partial charge >= 0.3 is 0 Å². The maximum absolute atomic E-state index is 12.7. The lowest BCUT2D eigenvalue weighted by atomic mass is 10.3. The molecular formula is C13H20N4O2S. The highest BCUT2D eigenvalue weighted by Gasteiger charge is 2.29. The molecule has 0 saturated heterocycles. The fraction of sp³-hybridized carbons (Fsp3) is 0.538. The minimum atomic E-state index is -3.67. The van der Waals surface area contributed by atoms with Crippen LogP contribution >= 0.6 is 0 Å². The Balaban J connectivity index is 3.23. The Morgan fingerprint density at radius 2 is 2.20 bits per heavy atom. The fourth-order valence-corrected chi connectivity index (χ4v) is 3.62. The summed E-state index contributed by atoms with van der Waals surface area (Å²) >= 11 is 0. The molecule has 0 aromatic carbocycles. The molecule has 0 amide bonds. The number of anilines is 1. The van der Waals surface area contributed by atoms with Crippen molar-refractivity contribution >= 4 is 15.7 Å². The van der Waals surface area contributed by atoms with Gasteiger partial charge in [0.05, 0.1) is 11.8 Å². The molecule has 1 aromatic rings. The predicted molar refractivity (Wildman–Crippen MR) is 77.7 cm³/mol. The topological polar surface area (TPSA) is 86.1 Å². The zero-order valence-electron chi connectivity index (χ0n) is 12.0. The van der Waals surface area contributed by atoms with Gasteiger partial charge in [0, 0.05) is 37.9 Å². The van der Waals surface area contributed by atoms with Crippen LogP contribution in [0.3, 0.4) is 0 Å². The van der Waals surface area contributed by atoms with Gasteiger partial charge in [0.25, 0.3) is 0 Å². The Labute approximate surface area is 120 Å². The Morgan fingerprint density at radius 3 is 2.75 bits per heavy atom. The maximum Gasteiger partial charge on any atom is 0.246 e. The predicted octanol–water partition coefficient (Wildman–Crippen LogP) is 1.83. The van der Waals surface area contributed by atoms with E-state index >= 15 is 0 Å². The molecule has 1 N–H and O–H groups in total. The van der Waals surface area contributed by atoms with Gasteiger partial charge in [-0.2, -0.15) is 9.57 Å². The van der Waals surface area contributed by atoms with E-state index in [0.29, 0.717) is 12.2 Å². The summed E-state index contributed by atoms with van der Waals surface area (Å²) in [6.45, 7) is 6.27. The molecule has 0 spiro atoms. The Hall–Kier alpha value is -1.65. The summed E-state index contributed by atoms with van der Waals surface area (Å²) in [4.78, 5) is 4.05. The second kappa shape index (κ2) is 7.22. The van der Waals surface area contributed by atoms with E-state index in [2.05, 4.69) is 10.3 Å². The van der Waals surface area contributed by atoms with E-state index in [0.717, 1.165) is 0 Å². The number of hydrogen-bond acceptors (Lipinski definition) is 5. The SMILES string of the molecule is CCNc1ccncc1S(=O)(=O)N(CCC#N)C(C)C. The van der Waals surface area contributed by atoms with Crippen molar-refractivity contribution in [2.45, 2.75) is 38.1 Å². The summed E-state index contributed by atoms with van der Waals surface area (Å²) in [7, 11) is -3.67. The molecule has 7 heteroatoms. The Bertz CT molecular complexity index is 578. The van der Waals surface area contributed by atoms with E-state index < -0.39 is 10.0 Å². The fourth-order valence-electron chi connectivity index (χ4n) is 1.86. The molecular weight excluding hydrogens is 276 g/mol. The first-order valence-corrected chi connectivity index (χ1v) is 7.95. The zero-order chi connectivity index (χ0) is 15.2. The summed E-state index contributed by atoms with van der Waals surface area (Å²) in [6.07, 6.45) is 3.05. The molecule has 110 valence electrons. The van der Waals surface area contributed by atoms with Crippen LogP contribution in [0, 0.1) is 11.3 Å². The van der Waals surface area contributed by atoms with E-state index in [9.17, 15) is 8.42 Å². The number of nitrogens with one attached hydrogen (secondary N) is 1. The molecule has 0 aliphatic carbocycles. The molecule has 0 aliphatic rings. The van der Waals surface area contributed by atoms with Crippen LogP contribution in [0.15, 0.2) is 23.4 Å². The van der Waals surface area contributed by atoms with Gasteiger partial charge in [0.15, 0.2) is 0 Å². The number of pyridine rings is 1. The molecule has 0 fully saturated rings. The largest absolute Gasteiger partial charge is 0.384 e. The van der Waals surface area contributed by atoms with Gasteiger partial charge in [-0.1, -0.05) is 0 Å². The average molecular weight is 296 g/mol. The highest BCUT2D eigenvalue weighted by atomic mass is 32.2. The summed E-state index contributed by atoms with van der Waals surface area (Å²) in [6, 6.07) is 3.40. The molecule has 0 atom stereocenters. The lowest BCUT2D eigenvalue weighted by Gasteiger charge is -2.25. The van der Waals surface area contributed by atoms with Crippen molar-refractivity contribution in [3.05, 3.63) is 18.5 Å². The third-order valence-corrected chi connectivity index (χ3v) is 4.86. The van der Waals surface area contributed by atoms with Crippen molar-refractivity contribution in [1.82, 2.24) is 9.29 Å². The number of rotatable bonds is 7. The average Bonchev–Trinajstić information content (AvgIpc) is 2.39. The van der Waals surface area contributed by atoms with Crippen LogP contribution in [0.2, 0.25) is 0 Å². The lowest BCUT2D eigenvalue weighted by Crippen LogP contribution is -2.38. The van der Waals surface area contributed by atoms with Gasteiger partial charge in [-0.3, -0.25) is 4.98 Å². The number of nitriles is 1. The monoisotopic (exact) mass is 296 g/mol. The molecule has 0 radical (unpaired) electrons. The quantitative estimate of drug-likeness (QED) is 0.829. The van der Waals surface area contributed by atoms with E-state index in [-0.39, 0.29) is 23.9 Å². The number of aromatic nitrogens is 1. The van der Waals surface area contributed by atoms with E-state index in [1.54, 1.807) is 26.1 Å². The standard InChI is InChI=1S/C13H20N4O2S/c1-4-16-12-6-8-15-10-13(12)20(18,19)17(11(2)3)9-5-7-14/h6,8,10-11H,4-5,9H2,1-3H3,(H,15,16). The number of nitrogens with zero attached hydrogens (tertiary/aromatic N) is 3. The lowest BCUT2D eigenvalue weighted by molar-refractivity contribution is 0.360. The summed E-state index contributed by atoms with van der Waals surface area (Å²) < 4.78 is 26.8. The first-order chi connectivity index (χ1) is 9.45. The normalized spacial score (nSPS) is 11.6. The smallest absolute Gasteiger partial charge is 0.246 e. The van der Waals surface area contributed by atoms with Crippen molar-refractivity contribution in [3.63, 3.8) is 0 Å². The third kappa shape index (κ3) is 3.68. The minimum absolute atomic E-state index is 0.147. The van der Waals surface area contributed by atoms with Gasteiger partial charge in [-0.25, -0.2) is 8.42 Å². The first-order valence-electron chi connectivity index (χ1n) is 6.51. The molecule has 0 saturated carbocycles. The summed E-state index contributed by atoms with van der Waals surface area (Å²) in [5, 5.41) is 11.7. The zero-order valence-corrected chi connectivity index (χ0v) is 12.8.